The molecule has 3 aliphatic rings. The van der Waals surface area contributed by atoms with E-state index in [0.717, 1.165) is 24.8 Å². The predicted octanol–water partition coefficient (Wildman–Crippen LogP) is 3.49. The Bertz CT molecular complexity index is 1000. The normalized spacial score (nSPS) is 40.0. The highest BCUT2D eigenvalue weighted by Crippen LogP contribution is 2.52. The lowest BCUT2D eigenvalue weighted by Gasteiger charge is -2.49. The second kappa shape index (κ2) is 10.5. The minimum Gasteiger partial charge on any atom is -0.445 e. The van der Waals surface area contributed by atoms with E-state index >= 15 is 0 Å². The van der Waals surface area contributed by atoms with Crippen LogP contribution < -0.4 is 5.32 Å². The molecule has 0 bridgehead atoms. The molecule has 1 amide bonds. The molecule has 2 aliphatic heterocycles. The highest BCUT2D eigenvalue weighted by atomic mass is 16.6. The number of aliphatic hydroxyl groups is 2. The van der Waals surface area contributed by atoms with Crippen molar-refractivity contribution >= 4 is 11.9 Å². The van der Waals surface area contributed by atoms with Gasteiger partial charge in [0.15, 0.2) is 0 Å². The summed E-state index contributed by atoms with van der Waals surface area (Å²) in [5.74, 6) is -2.13. The van der Waals surface area contributed by atoms with Crippen LogP contribution in [0.4, 0.5) is 0 Å². The fourth-order valence-electron chi connectivity index (χ4n) is 6.09. The highest BCUT2D eigenvalue weighted by molar-refractivity contribution is 5.94. The molecule has 8 atom stereocenters. The van der Waals surface area contributed by atoms with Crippen LogP contribution in [0.1, 0.15) is 45.1 Å². The van der Waals surface area contributed by atoms with Crippen molar-refractivity contribution in [3.05, 3.63) is 72.4 Å². The van der Waals surface area contributed by atoms with Crippen molar-refractivity contribution in [1.29, 1.82) is 0 Å². The van der Waals surface area contributed by atoms with E-state index in [1.807, 2.05) is 49.4 Å². The zero-order valence-electron chi connectivity index (χ0n) is 20.6. The molecule has 35 heavy (non-hydrogen) atoms. The largest absolute Gasteiger partial charge is 0.445 e. The van der Waals surface area contributed by atoms with E-state index in [4.69, 9.17) is 4.74 Å². The Hall–Kier alpha value is -2.70. The number of esters is 1. The van der Waals surface area contributed by atoms with Gasteiger partial charge in [0.25, 0.3) is 5.91 Å². The first-order chi connectivity index (χ1) is 16.7. The van der Waals surface area contributed by atoms with Gasteiger partial charge in [0.05, 0.1) is 18.1 Å². The first kappa shape index (κ1) is 25.4. The fraction of sp³-hybridized carbons (Fsp3) is 0.517. The van der Waals surface area contributed by atoms with Crippen molar-refractivity contribution in [2.45, 2.75) is 69.8 Å². The summed E-state index contributed by atoms with van der Waals surface area (Å²) < 4.78 is 6.05. The standard InChI is InChI=1S/C29H37NO5/c1-18-9-7-13-22(31)15-16-25(32)35-29-23(14-8-10-18)27(33)20(3)19(2)26(29)24(30-28(29)34)17-21-11-5-4-6-12-21/h4-6,8,11-12,14-16,18-19,22-24,26-27,31,33H,3,7,9-10,13,17H2,1-2H3,(H,30,34)/b14-8+,16-15+/t18-,19-,22-,23+,24+,26+,27-,29+/m1/s1. The van der Waals surface area contributed by atoms with E-state index in [2.05, 4.69) is 18.8 Å². The monoisotopic (exact) mass is 479 g/mol. The number of rotatable bonds is 2. The van der Waals surface area contributed by atoms with Crippen molar-refractivity contribution in [1.82, 2.24) is 5.32 Å². The van der Waals surface area contributed by atoms with Crippen LogP contribution in [0.2, 0.25) is 0 Å². The van der Waals surface area contributed by atoms with Gasteiger partial charge in [-0.2, -0.15) is 0 Å². The lowest BCUT2D eigenvalue weighted by atomic mass is 9.59. The number of benzene rings is 1. The third kappa shape index (κ3) is 5.00. The van der Waals surface area contributed by atoms with E-state index < -0.39 is 35.6 Å². The van der Waals surface area contributed by atoms with Gasteiger partial charge in [0.1, 0.15) is 0 Å². The first-order valence-corrected chi connectivity index (χ1v) is 12.7. The van der Waals surface area contributed by atoms with Crippen molar-refractivity contribution in [2.75, 3.05) is 0 Å². The second-order valence-electron chi connectivity index (χ2n) is 10.5. The maximum absolute atomic E-state index is 13.7. The van der Waals surface area contributed by atoms with E-state index in [0.29, 0.717) is 24.3 Å². The molecule has 6 nitrogen and oxygen atoms in total. The molecule has 1 aromatic carbocycles. The number of nitrogens with one attached hydrogen (secondary N) is 1. The number of hydrogen-bond donors (Lipinski definition) is 3. The van der Waals surface area contributed by atoms with Crippen LogP contribution in [0.3, 0.4) is 0 Å². The Morgan fingerprint density at radius 3 is 2.60 bits per heavy atom. The molecule has 1 aliphatic carbocycles. The summed E-state index contributed by atoms with van der Waals surface area (Å²) in [4.78, 5) is 26.8. The van der Waals surface area contributed by atoms with Crippen LogP contribution in [0, 0.1) is 23.7 Å². The van der Waals surface area contributed by atoms with Crippen molar-refractivity contribution in [3.8, 4) is 0 Å². The molecule has 1 saturated carbocycles. The Labute approximate surface area is 207 Å². The predicted molar refractivity (Wildman–Crippen MR) is 134 cm³/mol. The summed E-state index contributed by atoms with van der Waals surface area (Å²) >= 11 is 0. The summed E-state index contributed by atoms with van der Waals surface area (Å²) in [6.45, 7) is 8.27. The number of ether oxygens (including phenoxy) is 1. The summed E-state index contributed by atoms with van der Waals surface area (Å²) in [6.07, 6.45) is 8.39. The molecule has 2 heterocycles. The minimum absolute atomic E-state index is 0.262. The third-order valence-corrected chi connectivity index (χ3v) is 8.04. The number of allylic oxidation sites excluding steroid dienone is 1. The molecular weight excluding hydrogens is 442 g/mol. The molecular formula is C29H37NO5. The van der Waals surface area contributed by atoms with Gasteiger partial charge in [-0.1, -0.05) is 75.8 Å². The fourth-order valence-corrected chi connectivity index (χ4v) is 6.09. The van der Waals surface area contributed by atoms with E-state index in [-0.39, 0.29) is 17.9 Å². The molecule has 2 fully saturated rings. The molecule has 1 aromatic rings. The van der Waals surface area contributed by atoms with E-state index in [1.54, 1.807) is 0 Å². The van der Waals surface area contributed by atoms with Crippen molar-refractivity contribution < 1.29 is 24.5 Å². The average Bonchev–Trinajstić information content (AvgIpc) is 3.09. The Morgan fingerprint density at radius 2 is 1.86 bits per heavy atom. The lowest BCUT2D eigenvalue weighted by molar-refractivity contribution is -0.182. The number of hydrogen-bond acceptors (Lipinski definition) is 5. The summed E-state index contributed by atoms with van der Waals surface area (Å²) in [6, 6.07) is 9.59. The number of carbonyl (C=O) groups excluding carboxylic acids is 2. The quantitative estimate of drug-likeness (QED) is 0.446. The maximum Gasteiger partial charge on any atom is 0.331 e. The number of carbonyl (C=O) groups is 2. The van der Waals surface area contributed by atoms with Crippen LogP contribution in [-0.2, 0) is 20.7 Å². The molecule has 0 unspecified atom stereocenters. The van der Waals surface area contributed by atoms with Crippen LogP contribution in [-0.4, -0.2) is 45.9 Å². The molecule has 1 saturated heterocycles. The van der Waals surface area contributed by atoms with Crippen LogP contribution in [0.15, 0.2) is 66.8 Å². The number of amides is 1. The van der Waals surface area contributed by atoms with E-state index in [9.17, 15) is 19.8 Å². The van der Waals surface area contributed by atoms with E-state index in [1.165, 1.54) is 12.2 Å². The average molecular weight is 480 g/mol. The van der Waals surface area contributed by atoms with Gasteiger partial charge >= 0.3 is 5.97 Å². The topological polar surface area (TPSA) is 95.9 Å². The molecule has 6 heteroatoms. The summed E-state index contributed by atoms with van der Waals surface area (Å²) in [5, 5.41) is 24.7. The van der Waals surface area contributed by atoms with Gasteiger partial charge in [-0.15, -0.1) is 0 Å². The first-order valence-electron chi connectivity index (χ1n) is 12.7. The van der Waals surface area contributed by atoms with Gasteiger partial charge in [0.2, 0.25) is 5.60 Å². The zero-order chi connectivity index (χ0) is 25.2. The maximum atomic E-state index is 13.7. The van der Waals surface area contributed by atoms with Gasteiger partial charge < -0.3 is 20.3 Å². The molecule has 3 N–H and O–H groups in total. The van der Waals surface area contributed by atoms with Crippen LogP contribution in [0.5, 0.6) is 0 Å². The number of aliphatic hydroxyl groups excluding tert-OH is 2. The van der Waals surface area contributed by atoms with Crippen LogP contribution >= 0.6 is 0 Å². The molecule has 4 rings (SSSR count). The Kier molecular flexibility index (Phi) is 7.62. The van der Waals surface area contributed by atoms with Crippen molar-refractivity contribution in [3.63, 3.8) is 0 Å². The van der Waals surface area contributed by atoms with Crippen molar-refractivity contribution in [2.24, 2.45) is 23.7 Å². The highest BCUT2D eigenvalue weighted by Gasteiger charge is 2.67. The minimum atomic E-state index is -1.57. The third-order valence-electron chi connectivity index (χ3n) is 8.04. The molecule has 0 radical (unpaired) electrons. The SMILES string of the molecule is C=C1[C@@H](C)[C@H]2[C@H](Cc3ccccc3)NC(=O)[C@@]23OC(=O)/C=C/[C@H](O)CCC[C@@H](C)C/C=C/[C@H]3[C@@H]1O. The summed E-state index contributed by atoms with van der Waals surface area (Å²) in [5.41, 5.74) is 0.136. The molecule has 1 spiro atoms. The van der Waals surface area contributed by atoms with Gasteiger partial charge in [-0.05, 0) is 48.3 Å². The van der Waals surface area contributed by atoms with Crippen LogP contribution in [0.25, 0.3) is 0 Å². The van der Waals surface area contributed by atoms with Gasteiger partial charge in [-0.3, -0.25) is 4.79 Å². The molecule has 0 aromatic heterocycles. The zero-order valence-corrected chi connectivity index (χ0v) is 20.6. The smallest absolute Gasteiger partial charge is 0.331 e. The summed E-state index contributed by atoms with van der Waals surface area (Å²) in [7, 11) is 0. The van der Waals surface area contributed by atoms with Gasteiger partial charge in [0, 0.05) is 18.0 Å². The van der Waals surface area contributed by atoms with Gasteiger partial charge in [-0.25, -0.2) is 4.79 Å². The lowest BCUT2D eigenvalue weighted by Crippen LogP contribution is -2.61. The Morgan fingerprint density at radius 1 is 1.11 bits per heavy atom. The second-order valence-corrected chi connectivity index (χ2v) is 10.5. The molecule has 188 valence electrons. The Balaban J connectivity index is 1.78.